The van der Waals surface area contributed by atoms with E-state index in [2.05, 4.69) is 5.32 Å². The third-order valence-electron chi connectivity index (χ3n) is 3.09. The number of amides is 1. The van der Waals surface area contributed by atoms with Crippen LogP contribution in [0.25, 0.3) is 0 Å². The third-order valence-corrected chi connectivity index (χ3v) is 3.09. The number of phenols is 1. The molecular formula is C17H18FNO3. The van der Waals surface area contributed by atoms with E-state index >= 15 is 0 Å². The normalized spacial score (nSPS) is 11.7. The van der Waals surface area contributed by atoms with E-state index in [-0.39, 0.29) is 36.5 Å². The molecule has 0 fully saturated rings. The van der Waals surface area contributed by atoms with Gasteiger partial charge in [-0.1, -0.05) is 30.3 Å². The highest BCUT2D eigenvalue weighted by Crippen LogP contribution is 2.17. The molecule has 0 bridgehead atoms. The van der Waals surface area contributed by atoms with Crippen molar-refractivity contribution in [3.8, 4) is 11.5 Å². The van der Waals surface area contributed by atoms with Crippen LogP contribution in [0.1, 0.15) is 12.5 Å². The summed E-state index contributed by atoms with van der Waals surface area (Å²) in [4.78, 5) is 11.8. The fourth-order valence-corrected chi connectivity index (χ4v) is 1.95. The average molecular weight is 303 g/mol. The first-order valence-corrected chi connectivity index (χ1v) is 7.01. The number of nitrogens with one attached hydrogen (secondary N) is 1. The summed E-state index contributed by atoms with van der Waals surface area (Å²) >= 11 is 0. The van der Waals surface area contributed by atoms with Crippen LogP contribution in [0.4, 0.5) is 4.39 Å². The smallest absolute Gasteiger partial charge is 0.224 e. The fraction of sp³-hybridized carbons (Fsp3) is 0.235. The molecule has 4 nitrogen and oxygen atoms in total. The zero-order chi connectivity index (χ0) is 15.9. The first-order chi connectivity index (χ1) is 10.6. The van der Waals surface area contributed by atoms with Crippen LogP contribution in [0.3, 0.4) is 0 Å². The SMILES string of the molecule is CC(CNC(=O)Cc1ccccc1O)Oc1ccccc1F. The maximum atomic E-state index is 13.4. The molecule has 0 aromatic heterocycles. The number of hydrogen-bond acceptors (Lipinski definition) is 3. The molecule has 2 aromatic rings. The molecule has 0 heterocycles. The Kier molecular flexibility index (Phi) is 5.36. The van der Waals surface area contributed by atoms with Crippen LogP contribution in [0.2, 0.25) is 0 Å². The summed E-state index contributed by atoms with van der Waals surface area (Å²) in [5.41, 5.74) is 0.558. The van der Waals surface area contributed by atoms with Crippen molar-refractivity contribution in [2.75, 3.05) is 6.54 Å². The van der Waals surface area contributed by atoms with Gasteiger partial charge in [0, 0.05) is 5.56 Å². The van der Waals surface area contributed by atoms with E-state index in [1.165, 1.54) is 18.2 Å². The molecule has 1 amide bonds. The van der Waals surface area contributed by atoms with Crippen molar-refractivity contribution in [2.24, 2.45) is 0 Å². The number of carbonyl (C=O) groups is 1. The van der Waals surface area contributed by atoms with E-state index in [1.807, 2.05) is 0 Å². The van der Waals surface area contributed by atoms with Crippen LogP contribution in [0.15, 0.2) is 48.5 Å². The van der Waals surface area contributed by atoms with E-state index < -0.39 is 5.82 Å². The number of phenolic OH excluding ortho intramolecular Hbond substituents is 1. The van der Waals surface area contributed by atoms with Gasteiger partial charge < -0.3 is 15.2 Å². The lowest BCUT2D eigenvalue weighted by Gasteiger charge is -2.16. The summed E-state index contributed by atoms with van der Waals surface area (Å²) in [6.07, 6.45) is -0.288. The van der Waals surface area contributed by atoms with Gasteiger partial charge in [-0.3, -0.25) is 4.79 Å². The van der Waals surface area contributed by atoms with Gasteiger partial charge in [0.2, 0.25) is 5.91 Å². The number of aromatic hydroxyl groups is 1. The lowest BCUT2D eigenvalue weighted by atomic mass is 10.1. The Morgan fingerprint density at radius 3 is 2.64 bits per heavy atom. The second-order valence-electron chi connectivity index (χ2n) is 4.97. The first-order valence-electron chi connectivity index (χ1n) is 7.01. The molecule has 0 spiro atoms. The van der Waals surface area contributed by atoms with Crippen LogP contribution in [0.5, 0.6) is 11.5 Å². The first kappa shape index (κ1) is 15.8. The van der Waals surface area contributed by atoms with E-state index in [4.69, 9.17) is 4.74 Å². The second kappa shape index (κ2) is 7.45. The Labute approximate surface area is 128 Å². The van der Waals surface area contributed by atoms with Gasteiger partial charge in [0.1, 0.15) is 11.9 Å². The summed E-state index contributed by atoms with van der Waals surface area (Å²) in [5, 5.41) is 12.3. The minimum Gasteiger partial charge on any atom is -0.508 e. The summed E-state index contributed by atoms with van der Waals surface area (Å²) in [6, 6.07) is 12.8. The Morgan fingerprint density at radius 2 is 1.91 bits per heavy atom. The van der Waals surface area contributed by atoms with Crippen molar-refractivity contribution in [1.29, 1.82) is 0 Å². The Hall–Kier alpha value is -2.56. The van der Waals surface area contributed by atoms with Crippen LogP contribution in [-0.2, 0) is 11.2 Å². The van der Waals surface area contributed by atoms with Gasteiger partial charge in [0.05, 0.1) is 13.0 Å². The van der Waals surface area contributed by atoms with Gasteiger partial charge in [-0.25, -0.2) is 4.39 Å². The zero-order valence-electron chi connectivity index (χ0n) is 12.3. The standard InChI is InChI=1S/C17H18FNO3/c1-12(22-16-9-5-3-7-14(16)18)11-19-17(21)10-13-6-2-4-8-15(13)20/h2-9,12,20H,10-11H2,1H3,(H,19,21). The Bertz CT molecular complexity index is 645. The second-order valence-corrected chi connectivity index (χ2v) is 4.97. The molecule has 1 unspecified atom stereocenters. The zero-order valence-corrected chi connectivity index (χ0v) is 12.3. The molecule has 22 heavy (non-hydrogen) atoms. The summed E-state index contributed by atoms with van der Waals surface area (Å²) in [5.74, 6) is -0.418. The number of carbonyl (C=O) groups excluding carboxylic acids is 1. The van der Waals surface area contributed by atoms with Gasteiger partial charge >= 0.3 is 0 Å². The number of para-hydroxylation sites is 2. The maximum absolute atomic E-state index is 13.4. The lowest BCUT2D eigenvalue weighted by Crippen LogP contribution is -2.34. The number of rotatable bonds is 6. The molecule has 5 heteroatoms. The van der Waals surface area contributed by atoms with E-state index in [0.29, 0.717) is 5.56 Å². The van der Waals surface area contributed by atoms with Gasteiger partial charge in [-0.05, 0) is 25.1 Å². The average Bonchev–Trinajstić information content (AvgIpc) is 2.50. The molecule has 2 aromatic carbocycles. The van der Waals surface area contributed by atoms with Gasteiger partial charge in [0.25, 0.3) is 0 Å². The minimum absolute atomic E-state index is 0.0824. The molecule has 0 aliphatic carbocycles. The highest BCUT2D eigenvalue weighted by Gasteiger charge is 2.11. The lowest BCUT2D eigenvalue weighted by molar-refractivity contribution is -0.120. The van der Waals surface area contributed by atoms with E-state index in [0.717, 1.165) is 0 Å². The fourth-order valence-electron chi connectivity index (χ4n) is 1.95. The molecule has 0 radical (unpaired) electrons. The van der Waals surface area contributed by atoms with Gasteiger partial charge in [-0.2, -0.15) is 0 Å². The highest BCUT2D eigenvalue weighted by atomic mass is 19.1. The van der Waals surface area contributed by atoms with Crippen molar-refractivity contribution in [1.82, 2.24) is 5.32 Å². The quantitative estimate of drug-likeness (QED) is 0.862. The monoisotopic (exact) mass is 303 g/mol. The Balaban J connectivity index is 1.81. The van der Waals surface area contributed by atoms with Crippen LogP contribution in [-0.4, -0.2) is 23.7 Å². The van der Waals surface area contributed by atoms with Crippen molar-refractivity contribution in [3.63, 3.8) is 0 Å². The van der Waals surface area contributed by atoms with Crippen molar-refractivity contribution < 1.29 is 19.0 Å². The summed E-state index contributed by atoms with van der Waals surface area (Å²) in [6.45, 7) is 1.99. The van der Waals surface area contributed by atoms with Crippen molar-refractivity contribution >= 4 is 5.91 Å². The molecule has 1 atom stereocenters. The molecule has 0 aliphatic heterocycles. The molecular weight excluding hydrogens is 285 g/mol. The van der Waals surface area contributed by atoms with Crippen LogP contribution < -0.4 is 10.1 Å². The molecule has 0 aliphatic rings. The third kappa shape index (κ3) is 4.48. The summed E-state index contributed by atoms with van der Waals surface area (Å²) < 4.78 is 18.9. The van der Waals surface area contributed by atoms with E-state index in [1.54, 1.807) is 37.3 Å². The summed E-state index contributed by atoms with van der Waals surface area (Å²) in [7, 11) is 0. The highest BCUT2D eigenvalue weighted by molar-refractivity contribution is 5.79. The Morgan fingerprint density at radius 1 is 1.23 bits per heavy atom. The van der Waals surface area contributed by atoms with Crippen LogP contribution in [0, 0.1) is 5.82 Å². The topological polar surface area (TPSA) is 58.6 Å². The molecule has 0 saturated heterocycles. The predicted molar refractivity (Wildman–Crippen MR) is 81.3 cm³/mol. The molecule has 2 rings (SSSR count). The molecule has 116 valence electrons. The predicted octanol–water partition coefficient (Wildman–Crippen LogP) is 2.66. The largest absolute Gasteiger partial charge is 0.508 e. The van der Waals surface area contributed by atoms with Gasteiger partial charge in [-0.15, -0.1) is 0 Å². The van der Waals surface area contributed by atoms with E-state index in [9.17, 15) is 14.3 Å². The van der Waals surface area contributed by atoms with Crippen molar-refractivity contribution in [3.05, 3.63) is 59.9 Å². The maximum Gasteiger partial charge on any atom is 0.224 e. The number of benzene rings is 2. The molecule has 0 saturated carbocycles. The molecule has 2 N–H and O–H groups in total. The number of halogens is 1. The number of hydrogen-bond donors (Lipinski definition) is 2. The van der Waals surface area contributed by atoms with Gasteiger partial charge in [0.15, 0.2) is 11.6 Å². The van der Waals surface area contributed by atoms with Crippen molar-refractivity contribution in [2.45, 2.75) is 19.4 Å². The van der Waals surface area contributed by atoms with Crippen LogP contribution >= 0.6 is 0 Å². The number of ether oxygens (including phenoxy) is 1. The minimum atomic E-state index is -0.435.